The highest BCUT2D eigenvalue weighted by atomic mass is 35.5. The van der Waals surface area contributed by atoms with Gasteiger partial charge in [-0.25, -0.2) is 4.98 Å². The molecule has 0 aliphatic carbocycles. The van der Waals surface area contributed by atoms with Crippen LogP contribution in [0.1, 0.15) is 29.0 Å². The van der Waals surface area contributed by atoms with Crippen molar-refractivity contribution in [1.29, 1.82) is 0 Å². The van der Waals surface area contributed by atoms with Gasteiger partial charge < -0.3 is 9.64 Å². The average molecular weight is 377 g/mol. The minimum absolute atomic E-state index is 0.124. The molecule has 1 aliphatic rings. The Balaban J connectivity index is 1.74. The number of carbonyl (C=O) groups excluding carboxylic acids is 1. The Morgan fingerprint density at radius 3 is 2.96 bits per heavy atom. The number of likely N-dealkylation sites (tertiary alicyclic amines) is 1. The molecule has 0 N–H and O–H groups in total. The van der Waals surface area contributed by atoms with Crippen LogP contribution >= 0.6 is 11.6 Å². The monoisotopic (exact) mass is 376 g/mol. The van der Waals surface area contributed by atoms with E-state index in [-0.39, 0.29) is 28.3 Å². The molecule has 1 amide bonds. The number of nitro groups is 1. The average Bonchev–Trinajstić information content (AvgIpc) is 2.61. The lowest BCUT2D eigenvalue weighted by atomic mass is 10.1. The lowest BCUT2D eigenvalue weighted by Gasteiger charge is -2.32. The van der Waals surface area contributed by atoms with Crippen LogP contribution in [0.3, 0.4) is 0 Å². The number of amides is 1. The first-order chi connectivity index (χ1) is 12.4. The van der Waals surface area contributed by atoms with Crippen LogP contribution in [0.2, 0.25) is 5.02 Å². The molecule has 1 aliphatic heterocycles. The van der Waals surface area contributed by atoms with Crippen molar-refractivity contribution < 1.29 is 14.5 Å². The van der Waals surface area contributed by atoms with Crippen LogP contribution in [-0.2, 0) is 0 Å². The van der Waals surface area contributed by atoms with Crippen molar-refractivity contribution in [3.63, 3.8) is 0 Å². The summed E-state index contributed by atoms with van der Waals surface area (Å²) in [5, 5.41) is 11.1. The second kappa shape index (κ2) is 7.65. The van der Waals surface area contributed by atoms with Crippen LogP contribution in [0.5, 0.6) is 5.88 Å². The number of rotatable bonds is 4. The quantitative estimate of drug-likeness (QED) is 0.600. The van der Waals surface area contributed by atoms with Crippen molar-refractivity contribution >= 4 is 23.2 Å². The van der Waals surface area contributed by atoms with E-state index in [4.69, 9.17) is 16.3 Å². The zero-order valence-corrected chi connectivity index (χ0v) is 14.8. The number of nitrogens with zero attached hydrogens (tertiary/aromatic N) is 4. The van der Waals surface area contributed by atoms with E-state index >= 15 is 0 Å². The Hall–Kier alpha value is -2.74. The summed E-state index contributed by atoms with van der Waals surface area (Å²) in [4.78, 5) is 33.0. The molecule has 3 rings (SSSR count). The highest BCUT2D eigenvalue weighted by Gasteiger charge is 2.28. The molecule has 0 saturated carbocycles. The smallest absolute Gasteiger partial charge is 0.270 e. The number of carbonyl (C=O) groups is 1. The molecule has 26 heavy (non-hydrogen) atoms. The van der Waals surface area contributed by atoms with Crippen molar-refractivity contribution in [3.05, 3.63) is 57.0 Å². The molecule has 2 aromatic rings. The highest BCUT2D eigenvalue weighted by molar-refractivity contribution is 6.33. The molecule has 1 unspecified atom stereocenters. The molecule has 1 atom stereocenters. The molecule has 0 bridgehead atoms. The van der Waals surface area contributed by atoms with Gasteiger partial charge in [-0.3, -0.25) is 14.9 Å². The molecule has 1 aromatic carbocycles. The number of aromatic nitrogens is 2. The van der Waals surface area contributed by atoms with Crippen LogP contribution in [0.4, 0.5) is 5.69 Å². The Labute approximate surface area is 154 Å². The predicted octanol–water partition coefficient (Wildman–Crippen LogP) is 3.03. The zero-order valence-electron chi connectivity index (χ0n) is 14.1. The molecule has 0 radical (unpaired) electrons. The Kier molecular flexibility index (Phi) is 5.32. The predicted molar refractivity (Wildman–Crippen MR) is 94.4 cm³/mol. The highest BCUT2D eigenvalue weighted by Crippen LogP contribution is 2.25. The molecule has 1 saturated heterocycles. The van der Waals surface area contributed by atoms with E-state index in [9.17, 15) is 14.9 Å². The molecular formula is C17H17ClN4O4. The normalized spacial score (nSPS) is 17.0. The van der Waals surface area contributed by atoms with Gasteiger partial charge in [0, 0.05) is 30.9 Å². The SMILES string of the molecule is Cc1nccc(OC2CCCN(C(=O)c3cc([N+](=O)[O-])ccc3Cl)C2)n1. The van der Waals surface area contributed by atoms with E-state index in [2.05, 4.69) is 9.97 Å². The fourth-order valence-corrected chi connectivity index (χ4v) is 3.05. The Morgan fingerprint density at radius 2 is 2.23 bits per heavy atom. The molecule has 8 nitrogen and oxygen atoms in total. The maximum absolute atomic E-state index is 12.8. The summed E-state index contributed by atoms with van der Waals surface area (Å²) in [6.07, 6.45) is 2.95. The summed E-state index contributed by atoms with van der Waals surface area (Å²) in [7, 11) is 0. The Morgan fingerprint density at radius 1 is 1.42 bits per heavy atom. The molecule has 1 fully saturated rings. The van der Waals surface area contributed by atoms with E-state index in [1.54, 1.807) is 24.1 Å². The van der Waals surface area contributed by atoms with Gasteiger partial charge in [0.25, 0.3) is 11.6 Å². The minimum atomic E-state index is -0.549. The van der Waals surface area contributed by atoms with E-state index in [0.29, 0.717) is 24.8 Å². The van der Waals surface area contributed by atoms with Crippen LogP contribution in [0, 0.1) is 17.0 Å². The summed E-state index contributed by atoms with van der Waals surface area (Å²) < 4.78 is 5.86. The van der Waals surface area contributed by atoms with Gasteiger partial charge in [-0.15, -0.1) is 0 Å². The van der Waals surface area contributed by atoms with Gasteiger partial charge in [-0.1, -0.05) is 11.6 Å². The number of benzene rings is 1. The van der Waals surface area contributed by atoms with Crippen LogP contribution in [0.15, 0.2) is 30.5 Å². The maximum Gasteiger partial charge on any atom is 0.270 e. The summed E-state index contributed by atoms with van der Waals surface area (Å²) >= 11 is 6.08. The van der Waals surface area contributed by atoms with Gasteiger partial charge in [-0.05, 0) is 25.8 Å². The first-order valence-corrected chi connectivity index (χ1v) is 8.51. The number of aryl methyl sites for hydroxylation is 1. The maximum atomic E-state index is 12.8. The fraction of sp³-hybridized carbons (Fsp3) is 0.353. The van der Waals surface area contributed by atoms with Crippen LogP contribution in [-0.4, -0.2) is 44.9 Å². The van der Waals surface area contributed by atoms with Crippen molar-refractivity contribution in [2.75, 3.05) is 13.1 Å². The van der Waals surface area contributed by atoms with E-state index < -0.39 is 4.92 Å². The van der Waals surface area contributed by atoms with Crippen molar-refractivity contribution in [2.45, 2.75) is 25.9 Å². The summed E-state index contributed by atoms with van der Waals surface area (Å²) in [5.41, 5.74) is -0.0431. The lowest BCUT2D eigenvalue weighted by Crippen LogP contribution is -2.44. The first-order valence-electron chi connectivity index (χ1n) is 8.13. The van der Waals surface area contributed by atoms with E-state index in [1.165, 1.54) is 18.2 Å². The number of halogens is 1. The third kappa shape index (κ3) is 4.08. The second-order valence-electron chi connectivity index (χ2n) is 6.00. The van der Waals surface area contributed by atoms with Crippen LogP contribution < -0.4 is 4.74 Å². The number of non-ortho nitro benzene ring substituents is 1. The topological polar surface area (TPSA) is 98.5 Å². The van der Waals surface area contributed by atoms with Gasteiger partial charge in [-0.2, -0.15) is 4.98 Å². The summed E-state index contributed by atoms with van der Waals surface area (Å²) in [5.74, 6) is 0.727. The third-order valence-electron chi connectivity index (χ3n) is 4.09. The van der Waals surface area contributed by atoms with E-state index in [1.807, 2.05) is 0 Å². The van der Waals surface area contributed by atoms with Gasteiger partial charge in [0.1, 0.15) is 11.9 Å². The van der Waals surface area contributed by atoms with Crippen molar-refractivity contribution in [1.82, 2.24) is 14.9 Å². The first kappa shape index (κ1) is 18.1. The molecule has 9 heteroatoms. The van der Waals surface area contributed by atoms with Crippen molar-refractivity contribution in [2.24, 2.45) is 0 Å². The standard InChI is InChI=1S/C17H17ClN4O4/c1-11-19-7-6-16(20-11)26-13-3-2-8-21(10-13)17(23)14-9-12(22(24)25)4-5-15(14)18/h4-7,9,13H,2-3,8,10H2,1H3. The minimum Gasteiger partial charge on any atom is -0.472 e. The second-order valence-corrected chi connectivity index (χ2v) is 6.40. The zero-order chi connectivity index (χ0) is 18.7. The molecule has 1 aromatic heterocycles. The van der Waals surface area contributed by atoms with Gasteiger partial charge in [0.05, 0.1) is 22.1 Å². The number of hydrogen-bond donors (Lipinski definition) is 0. The molecule has 136 valence electrons. The Bertz CT molecular complexity index is 845. The molecule has 2 heterocycles. The number of piperidine rings is 1. The number of ether oxygens (including phenoxy) is 1. The molecule has 0 spiro atoms. The van der Waals surface area contributed by atoms with Gasteiger partial charge in [0.15, 0.2) is 0 Å². The number of hydrogen-bond acceptors (Lipinski definition) is 6. The number of nitro benzene ring substituents is 1. The van der Waals surface area contributed by atoms with Crippen LogP contribution in [0.25, 0.3) is 0 Å². The van der Waals surface area contributed by atoms with E-state index in [0.717, 1.165) is 12.8 Å². The summed E-state index contributed by atoms with van der Waals surface area (Å²) in [6.45, 7) is 2.68. The fourth-order valence-electron chi connectivity index (χ4n) is 2.85. The largest absolute Gasteiger partial charge is 0.472 e. The van der Waals surface area contributed by atoms with Gasteiger partial charge in [0.2, 0.25) is 5.88 Å². The van der Waals surface area contributed by atoms with Gasteiger partial charge >= 0.3 is 0 Å². The lowest BCUT2D eigenvalue weighted by molar-refractivity contribution is -0.384. The summed E-state index contributed by atoms with van der Waals surface area (Å²) in [6, 6.07) is 5.53. The molecular weight excluding hydrogens is 360 g/mol. The van der Waals surface area contributed by atoms with Crippen molar-refractivity contribution in [3.8, 4) is 5.88 Å². The third-order valence-corrected chi connectivity index (χ3v) is 4.42.